The summed E-state index contributed by atoms with van der Waals surface area (Å²) >= 11 is 0. The van der Waals surface area contributed by atoms with Crippen LogP contribution in [-0.2, 0) is 27.2 Å². The van der Waals surface area contributed by atoms with Crippen LogP contribution < -0.4 is 14.4 Å². The molecule has 2 heterocycles. The van der Waals surface area contributed by atoms with E-state index in [0.29, 0.717) is 19.1 Å². The number of fused-ring (bicyclic) bond motifs is 1. The van der Waals surface area contributed by atoms with E-state index < -0.39 is 0 Å². The van der Waals surface area contributed by atoms with E-state index in [1.54, 1.807) is 14.2 Å². The van der Waals surface area contributed by atoms with Crippen molar-refractivity contribution in [2.45, 2.75) is 62.4 Å². The SMILES string of the molecule is COc1cc(N2CCC3(CC2)CC(C(OC)OC)CO3)ccc1[C@@H]1c2ccc(OCc3ccccc3)cc2CC[C@@H]1c1ccccc1. The largest absolute Gasteiger partial charge is 0.496 e. The first kappa shape index (κ1) is 31.7. The molecule has 6 nitrogen and oxygen atoms in total. The second-order valence-electron chi connectivity index (χ2n) is 13.4. The number of benzene rings is 4. The number of methoxy groups -OCH3 is 3. The third-order valence-corrected chi connectivity index (χ3v) is 10.7. The van der Waals surface area contributed by atoms with Crippen molar-refractivity contribution in [3.8, 4) is 11.5 Å². The Morgan fingerprint density at radius 3 is 2.28 bits per heavy atom. The topological polar surface area (TPSA) is 49.4 Å². The predicted octanol–water partition coefficient (Wildman–Crippen LogP) is 8.13. The van der Waals surface area contributed by atoms with Gasteiger partial charge in [0.1, 0.15) is 18.1 Å². The molecule has 4 aromatic carbocycles. The molecule has 3 aliphatic rings. The number of rotatable bonds is 10. The molecule has 2 aliphatic heterocycles. The van der Waals surface area contributed by atoms with Gasteiger partial charge in [-0.25, -0.2) is 0 Å². The minimum Gasteiger partial charge on any atom is -0.496 e. The molecule has 0 amide bonds. The Morgan fingerprint density at radius 1 is 0.830 bits per heavy atom. The van der Waals surface area contributed by atoms with E-state index in [4.69, 9.17) is 23.7 Å². The first-order valence-corrected chi connectivity index (χ1v) is 17.1. The van der Waals surface area contributed by atoms with Gasteiger partial charge < -0.3 is 28.6 Å². The normalized spacial score (nSPS) is 22.0. The molecule has 47 heavy (non-hydrogen) atoms. The summed E-state index contributed by atoms with van der Waals surface area (Å²) in [5.74, 6) is 2.68. The lowest BCUT2D eigenvalue weighted by atomic mass is 9.69. The van der Waals surface area contributed by atoms with Crippen LogP contribution in [0.3, 0.4) is 0 Å². The number of piperidine rings is 1. The number of ether oxygens (including phenoxy) is 5. The summed E-state index contributed by atoms with van der Waals surface area (Å²) in [5, 5.41) is 0. The number of hydrogen-bond acceptors (Lipinski definition) is 6. The number of anilines is 1. The quantitative estimate of drug-likeness (QED) is 0.164. The van der Waals surface area contributed by atoms with E-state index >= 15 is 0 Å². The van der Waals surface area contributed by atoms with Gasteiger partial charge in [0.05, 0.1) is 19.3 Å². The smallest absolute Gasteiger partial charge is 0.161 e. The molecule has 246 valence electrons. The van der Waals surface area contributed by atoms with Gasteiger partial charge in [-0.1, -0.05) is 72.8 Å². The lowest BCUT2D eigenvalue weighted by Gasteiger charge is -2.40. The van der Waals surface area contributed by atoms with Crippen LogP contribution in [0.15, 0.2) is 97.1 Å². The summed E-state index contributed by atoms with van der Waals surface area (Å²) < 4.78 is 30.0. The highest BCUT2D eigenvalue weighted by molar-refractivity contribution is 5.59. The molecule has 0 saturated carbocycles. The Bertz CT molecular complexity index is 1610. The maximum atomic E-state index is 6.42. The van der Waals surface area contributed by atoms with Crippen molar-refractivity contribution in [1.82, 2.24) is 0 Å². The molecule has 0 N–H and O–H groups in total. The Labute approximate surface area is 279 Å². The molecule has 4 aromatic rings. The van der Waals surface area contributed by atoms with E-state index in [9.17, 15) is 0 Å². The summed E-state index contributed by atoms with van der Waals surface area (Å²) in [6.45, 7) is 3.16. The Balaban J connectivity index is 1.13. The molecule has 0 radical (unpaired) electrons. The summed E-state index contributed by atoms with van der Waals surface area (Å²) in [4.78, 5) is 2.48. The summed E-state index contributed by atoms with van der Waals surface area (Å²) in [5.41, 5.74) is 7.63. The molecule has 1 spiro atoms. The van der Waals surface area contributed by atoms with Gasteiger partial charge in [-0.3, -0.25) is 0 Å². The maximum absolute atomic E-state index is 6.42. The van der Waals surface area contributed by atoms with Crippen molar-refractivity contribution in [3.63, 3.8) is 0 Å². The van der Waals surface area contributed by atoms with Crippen LogP contribution in [0.1, 0.15) is 65.3 Å². The van der Waals surface area contributed by atoms with Crippen LogP contribution in [0, 0.1) is 5.92 Å². The molecule has 2 fully saturated rings. The minimum atomic E-state index is -0.206. The molecule has 0 bridgehead atoms. The number of nitrogens with zero attached hydrogens (tertiary/aromatic N) is 1. The monoisotopic (exact) mass is 633 g/mol. The predicted molar refractivity (Wildman–Crippen MR) is 186 cm³/mol. The van der Waals surface area contributed by atoms with Gasteiger partial charge in [0, 0.05) is 56.5 Å². The second kappa shape index (κ2) is 14.1. The van der Waals surface area contributed by atoms with E-state index in [2.05, 4.69) is 95.9 Å². The van der Waals surface area contributed by atoms with Crippen LogP contribution in [-0.4, -0.2) is 52.9 Å². The zero-order valence-corrected chi connectivity index (χ0v) is 27.9. The van der Waals surface area contributed by atoms with E-state index in [0.717, 1.165) is 56.7 Å². The van der Waals surface area contributed by atoms with Crippen LogP contribution in [0.2, 0.25) is 0 Å². The molecule has 7 rings (SSSR count). The molecule has 1 aliphatic carbocycles. The average Bonchev–Trinajstić information content (AvgIpc) is 3.54. The van der Waals surface area contributed by atoms with Crippen molar-refractivity contribution in [2.75, 3.05) is 45.9 Å². The van der Waals surface area contributed by atoms with Crippen LogP contribution in [0.25, 0.3) is 0 Å². The molecule has 1 unspecified atom stereocenters. The highest BCUT2D eigenvalue weighted by Crippen LogP contribution is 2.50. The fourth-order valence-electron chi connectivity index (χ4n) is 8.28. The van der Waals surface area contributed by atoms with Crippen molar-refractivity contribution >= 4 is 5.69 Å². The third kappa shape index (κ3) is 6.64. The van der Waals surface area contributed by atoms with Crippen molar-refractivity contribution < 1.29 is 23.7 Å². The maximum Gasteiger partial charge on any atom is 0.161 e. The van der Waals surface area contributed by atoms with Crippen molar-refractivity contribution in [1.29, 1.82) is 0 Å². The fraction of sp³-hybridized carbons (Fsp3) is 0.415. The zero-order valence-electron chi connectivity index (χ0n) is 27.9. The van der Waals surface area contributed by atoms with Crippen LogP contribution in [0.4, 0.5) is 5.69 Å². The van der Waals surface area contributed by atoms with Gasteiger partial charge in [0.2, 0.25) is 0 Å². The second-order valence-corrected chi connectivity index (χ2v) is 13.4. The Kier molecular flexibility index (Phi) is 9.53. The van der Waals surface area contributed by atoms with Crippen molar-refractivity contribution in [3.05, 3.63) is 125 Å². The third-order valence-electron chi connectivity index (χ3n) is 10.7. The molecule has 3 atom stereocenters. The molecule has 6 heteroatoms. The van der Waals surface area contributed by atoms with Gasteiger partial charge in [-0.2, -0.15) is 0 Å². The summed E-state index contributed by atoms with van der Waals surface area (Å²) in [7, 11) is 5.24. The fourth-order valence-corrected chi connectivity index (χ4v) is 8.28. The van der Waals surface area contributed by atoms with E-state index in [-0.39, 0.29) is 23.7 Å². The molecule has 2 saturated heterocycles. The van der Waals surface area contributed by atoms with Crippen LogP contribution >= 0.6 is 0 Å². The van der Waals surface area contributed by atoms with E-state index in [1.165, 1.54) is 33.5 Å². The summed E-state index contributed by atoms with van der Waals surface area (Å²) in [6, 6.07) is 34.9. The average molecular weight is 634 g/mol. The van der Waals surface area contributed by atoms with Crippen molar-refractivity contribution in [2.24, 2.45) is 5.92 Å². The van der Waals surface area contributed by atoms with Gasteiger partial charge in [0.15, 0.2) is 6.29 Å². The standard InChI is InChI=1S/C41H47NO5/c1-43-38-25-33(42-22-20-41(21-23-42)26-32(28-47-41)40(44-2)45-3)15-18-37(38)39-35(30-12-8-5-9-13-30)17-14-31-24-34(16-19-36(31)39)46-27-29-10-6-4-7-11-29/h4-13,15-16,18-19,24-25,32,35,39-40H,14,17,20-23,26-28H2,1-3H3/t32?,35-,39+/m1/s1. The number of hydrogen-bond donors (Lipinski definition) is 0. The van der Waals surface area contributed by atoms with Gasteiger partial charge in [-0.15, -0.1) is 0 Å². The zero-order chi connectivity index (χ0) is 32.2. The number of aryl methyl sites for hydroxylation is 1. The summed E-state index contributed by atoms with van der Waals surface area (Å²) in [6.07, 6.45) is 4.85. The van der Waals surface area contributed by atoms with Gasteiger partial charge in [0.25, 0.3) is 0 Å². The van der Waals surface area contributed by atoms with Gasteiger partial charge in [-0.05, 0) is 78.5 Å². The minimum absolute atomic E-state index is 0.0844. The van der Waals surface area contributed by atoms with E-state index in [1.807, 2.05) is 13.2 Å². The first-order chi connectivity index (χ1) is 23.1. The molecular formula is C41H47NO5. The first-order valence-electron chi connectivity index (χ1n) is 17.1. The lowest BCUT2D eigenvalue weighted by molar-refractivity contribution is -0.136. The lowest BCUT2D eigenvalue weighted by Crippen LogP contribution is -2.44. The van der Waals surface area contributed by atoms with Crippen LogP contribution in [0.5, 0.6) is 11.5 Å². The molecular weight excluding hydrogens is 586 g/mol. The Morgan fingerprint density at radius 2 is 1.55 bits per heavy atom. The van der Waals surface area contributed by atoms with Gasteiger partial charge >= 0.3 is 0 Å². The highest BCUT2D eigenvalue weighted by Gasteiger charge is 2.45. The molecule has 0 aromatic heterocycles. The highest BCUT2D eigenvalue weighted by atomic mass is 16.7. The Hall–Kier alpha value is -3.84.